The first kappa shape index (κ1) is 16.2. The molecule has 3 N–H and O–H groups in total. The number of piperidine rings is 1. The molecule has 0 unspecified atom stereocenters. The Labute approximate surface area is 120 Å². The van der Waals surface area contributed by atoms with Crippen LogP contribution in [0.15, 0.2) is 0 Å². The molecule has 2 rings (SSSR count). The third kappa shape index (κ3) is 4.99. The van der Waals surface area contributed by atoms with Gasteiger partial charge in [-0.3, -0.25) is 9.59 Å². The molecule has 1 heterocycles. The summed E-state index contributed by atoms with van der Waals surface area (Å²) in [4.78, 5) is 25.1. The van der Waals surface area contributed by atoms with Gasteiger partial charge in [-0.1, -0.05) is 0 Å². The zero-order chi connectivity index (χ0) is 13.0. The van der Waals surface area contributed by atoms with Crippen molar-refractivity contribution in [1.82, 2.24) is 10.2 Å². The minimum Gasteiger partial charge on any atom is -0.352 e. The number of hydrogen-bond donors (Lipinski definition) is 2. The zero-order valence-corrected chi connectivity index (χ0v) is 12.1. The highest BCUT2D eigenvalue weighted by Crippen LogP contribution is 2.17. The van der Waals surface area contributed by atoms with Gasteiger partial charge in [-0.2, -0.15) is 0 Å². The highest BCUT2D eigenvalue weighted by Gasteiger charge is 2.23. The number of nitrogens with two attached hydrogens (primary N) is 1. The highest BCUT2D eigenvalue weighted by molar-refractivity contribution is 5.85. The molecule has 0 spiro atoms. The van der Waals surface area contributed by atoms with Crippen LogP contribution in [-0.2, 0) is 9.59 Å². The number of nitrogens with zero attached hydrogens (tertiary/aromatic N) is 1. The molecule has 0 bridgehead atoms. The lowest BCUT2D eigenvalue weighted by Gasteiger charge is -2.29. The molecule has 19 heavy (non-hydrogen) atoms. The smallest absolute Gasteiger partial charge is 0.239 e. The summed E-state index contributed by atoms with van der Waals surface area (Å²) in [6.45, 7) is 0.948. The molecule has 1 saturated heterocycles. The number of amides is 2. The van der Waals surface area contributed by atoms with E-state index in [2.05, 4.69) is 5.32 Å². The molecule has 110 valence electrons. The minimum absolute atomic E-state index is 0. The van der Waals surface area contributed by atoms with Gasteiger partial charge in [-0.15, -0.1) is 12.4 Å². The van der Waals surface area contributed by atoms with Crippen LogP contribution in [0.1, 0.15) is 44.9 Å². The van der Waals surface area contributed by atoms with Crippen molar-refractivity contribution in [3.05, 3.63) is 0 Å². The fourth-order valence-corrected chi connectivity index (χ4v) is 2.74. The summed E-state index contributed by atoms with van der Waals surface area (Å²) in [6.07, 6.45) is 6.43. The molecule has 1 aliphatic carbocycles. The van der Waals surface area contributed by atoms with Gasteiger partial charge in [0.25, 0.3) is 0 Å². The first-order valence-electron chi connectivity index (χ1n) is 6.98. The van der Waals surface area contributed by atoms with Crippen LogP contribution in [0, 0.1) is 0 Å². The fraction of sp³-hybridized carbons (Fsp3) is 0.846. The molecule has 2 aliphatic rings. The SMILES string of the molecule is Cl.NC1CCC(NC(=O)CN2CCCCC2=O)CC1. The summed E-state index contributed by atoms with van der Waals surface area (Å²) in [6, 6.07) is 0.541. The van der Waals surface area contributed by atoms with E-state index in [0.29, 0.717) is 12.5 Å². The van der Waals surface area contributed by atoms with Gasteiger partial charge in [0, 0.05) is 25.0 Å². The van der Waals surface area contributed by atoms with Crippen LogP contribution in [0.25, 0.3) is 0 Å². The second-order valence-electron chi connectivity index (χ2n) is 5.45. The number of likely N-dealkylation sites (tertiary alicyclic amines) is 1. The van der Waals surface area contributed by atoms with Gasteiger partial charge < -0.3 is 16.0 Å². The molecule has 5 nitrogen and oxygen atoms in total. The number of hydrogen-bond acceptors (Lipinski definition) is 3. The Bertz CT molecular complexity index is 317. The van der Waals surface area contributed by atoms with E-state index in [1.807, 2.05) is 0 Å². The van der Waals surface area contributed by atoms with Crippen molar-refractivity contribution in [3.63, 3.8) is 0 Å². The van der Waals surface area contributed by atoms with E-state index in [-0.39, 0.29) is 36.8 Å². The van der Waals surface area contributed by atoms with Crippen LogP contribution in [-0.4, -0.2) is 41.9 Å². The highest BCUT2D eigenvalue weighted by atomic mass is 35.5. The van der Waals surface area contributed by atoms with E-state index in [1.54, 1.807) is 4.90 Å². The zero-order valence-electron chi connectivity index (χ0n) is 11.3. The van der Waals surface area contributed by atoms with Crippen LogP contribution in [0.5, 0.6) is 0 Å². The molecule has 6 heteroatoms. The summed E-state index contributed by atoms with van der Waals surface area (Å²) in [7, 11) is 0. The topological polar surface area (TPSA) is 75.4 Å². The third-order valence-corrected chi connectivity index (χ3v) is 3.89. The summed E-state index contributed by atoms with van der Waals surface area (Å²) in [5, 5.41) is 3.02. The van der Waals surface area contributed by atoms with E-state index < -0.39 is 0 Å². The standard InChI is InChI=1S/C13H23N3O2.ClH/c14-10-4-6-11(7-5-10)15-12(17)9-16-8-2-1-3-13(16)18;/h10-11H,1-9,14H2,(H,15,17);1H. The summed E-state index contributed by atoms with van der Waals surface area (Å²) in [5.74, 6) is 0.0905. The van der Waals surface area contributed by atoms with Crippen molar-refractivity contribution in [3.8, 4) is 0 Å². The van der Waals surface area contributed by atoms with Crippen molar-refractivity contribution in [2.24, 2.45) is 5.73 Å². The summed E-state index contributed by atoms with van der Waals surface area (Å²) < 4.78 is 0. The Balaban J connectivity index is 0.00000180. The van der Waals surface area contributed by atoms with Crippen LogP contribution >= 0.6 is 12.4 Å². The molecule has 0 radical (unpaired) electrons. The lowest BCUT2D eigenvalue weighted by Crippen LogP contribution is -2.47. The maximum atomic E-state index is 11.9. The van der Waals surface area contributed by atoms with Crippen LogP contribution in [0.3, 0.4) is 0 Å². The van der Waals surface area contributed by atoms with Crippen molar-refractivity contribution in [2.75, 3.05) is 13.1 Å². The summed E-state index contributed by atoms with van der Waals surface area (Å²) >= 11 is 0. The molecule has 0 aromatic heterocycles. The van der Waals surface area contributed by atoms with Crippen LogP contribution in [0.2, 0.25) is 0 Å². The van der Waals surface area contributed by atoms with Gasteiger partial charge in [-0.25, -0.2) is 0 Å². The number of halogens is 1. The van der Waals surface area contributed by atoms with Crippen LogP contribution in [0.4, 0.5) is 0 Å². The monoisotopic (exact) mass is 289 g/mol. The van der Waals surface area contributed by atoms with Gasteiger partial charge >= 0.3 is 0 Å². The van der Waals surface area contributed by atoms with Gasteiger partial charge in [0.05, 0.1) is 6.54 Å². The van der Waals surface area contributed by atoms with E-state index in [0.717, 1.165) is 45.1 Å². The fourth-order valence-electron chi connectivity index (χ4n) is 2.74. The molecule has 2 amide bonds. The lowest BCUT2D eigenvalue weighted by molar-refractivity contribution is -0.138. The van der Waals surface area contributed by atoms with Gasteiger partial charge in [0.1, 0.15) is 0 Å². The van der Waals surface area contributed by atoms with Crippen molar-refractivity contribution in [1.29, 1.82) is 0 Å². The quantitative estimate of drug-likeness (QED) is 0.807. The molecule has 0 aromatic carbocycles. The average molecular weight is 290 g/mol. The van der Waals surface area contributed by atoms with E-state index >= 15 is 0 Å². The Morgan fingerprint density at radius 3 is 2.58 bits per heavy atom. The first-order chi connectivity index (χ1) is 8.65. The maximum Gasteiger partial charge on any atom is 0.239 e. The minimum atomic E-state index is -0.0225. The van der Waals surface area contributed by atoms with Gasteiger partial charge in [0.2, 0.25) is 11.8 Å². The number of carbonyl (C=O) groups excluding carboxylic acids is 2. The van der Waals surface area contributed by atoms with Gasteiger partial charge in [-0.05, 0) is 38.5 Å². The maximum absolute atomic E-state index is 11.9. The molecular formula is C13H24ClN3O2. The third-order valence-electron chi connectivity index (χ3n) is 3.89. The Kier molecular flexibility index (Phi) is 6.58. The normalized spacial score (nSPS) is 27.6. The summed E-state index contributed by atoms with van der Waals surface area (Å²) in [5.41, 5.74) is 5.83. The Morgan fingerprint density at radius 1 is 1.26 bits per heavy atom. The Morgan fingerprint density at radius 2 is 1.95 bits per heavy atom. The van der Waals surface area contributed by atoms with Gasteiger partial charge in [0.15, 0.2) is 0 Å². The second kappa shape index (κ2) is 7.70. The molecule has 2 fully saturated rings. The lowest BCUT2D eigenvalue weighted by atomic mass is 9.92. The van der Waals surface area contributed by atoms with Crippen molar-refractivity contribution in [2.45, 2.75) is 57.0 Å². The number of nitrogens with one attached hydrogen (secondary N) is 1. The van der Waals surface area contributed by atoms with E-state index in [1.165, 1.54) is 0 Å². The van der Waals surface area contributed by atoms with Crippen molar-refractivity contribution >= 4 is 24.2 Å². The van der Waals surface area contributed by atoms with E-state index in [9.17, 15) is 9.59 Å². The predicted octanol–water partition coefficient (Wildman–Crippen LogP) is 0.807. The molecular weight excluding hydrogens is 266 g/mol. The molecule has 1 saturated carbocycles. The van der Waals surface area contributed by atoms with E-state index in [4.69, 9.17) is 5.73 Å². The molecule has 0 aromatic rings. The van der Waals surface area contributed by atoms with Crippen LogP contribution < -0.4 is 11.1 Å². The molecule has 1 aliphatic heterocycles. The first-order valence-corrected chi connectivity index (χ1v) is 6.98. The largest absolute Gasteiger partial charge is 0.352 e. The number of rotatable bonds is 3. The van der Waals surface area contributed by atoms with Crippen molar-refractivity contribution < 1.29 is 9.59 Å². The number of carbonyl (C=O) groups is 2. The predicted molar refractivity (Wildman–Crippen MR) is 76.1 cm³/mol. The molecule has 0 atom stereocenters. The second-order valence-corrected chi connectivity index (χ2v) is 5.45. The average Bonchev–Trinajstić information content (AvgIpc) is 2.35. The Hall–Kier alpha value is -0.810.